The van der Waals surface area contributed by atoms with Crippen LogP contribution in [0, 0.1) is 5.82 Å². The number of anilines is 1. The Morgan fingerprint density at radius 2 is 2.33 bits per heavy atom. The Bertz CT molecular complexity index is 506. The normalized spacial score (nSPS) is 18.9. The SMILES string of the molecule is CCNc1nccc(C(=O)N2CCCC(N(C)C)C2)c1F. The highest BCUT2D eigenvalue weighted by Gasteiger charge is 2.27. The lowest BCUT2D eigenvalue weighted by Gasteiger charge is -2.36. The molecule has 2 rings (SSSR count). The number of halogens is 1. The lowest BCUT2D eigenvalue weighted by Crippen LogP contribution is -2.47. The van der Waals surface area contributed by atoms with Crippen LogP contribution in [-0.4, -0.2) is 60.5 Å². The fourth-order valence-electron chi connectivity index (χ4n) is 2.63. The van der Waals surface area contributed by atoms with Gasteiger partial charge in [-0.3, -0.25) is 4.79 Å². The number of likely N-dealkylation sites (tertiary alicyclic amines) is 1. The molecule has 1 aliphatic heterocycles. The van der Waals surface area contributed by atoms with Crippen molar-refractivity contribution in [3.63, 3.8) is 0 Å². The molecule has 6 heteroatoms. The van der Waals surface area contributed by atoms with Crippen molar-refractivity contribution in [2.75, 3.05) is 39.0 Å². The molecule has 1 aromatic heterocycles. The molecule has 0 bridgehead atoms. The van der Waals surface area contributed by atoms with Gasteiger partial charge in [0.2, 0.25) is 0 Å². The standard InChI is InChI=1S/C15H23FN4O/c1-4-17-14-13(16)12(7-8-18-14)15(21)20-9-5-6-11(10-20)19(2)3/h7-8,11H,4-6,9-10H2,1-3H3,(H,17,18). The first kappa shape index (κ1) is 15.7. The minimum absolute atomic E-state index is 0.0976. The van der Waals surface area contributed by atoms with Gasteiger partial charge in [0, 0.05) is 31.9 Å². The molecule has 1 unspecified atom stereocenters. The van der Waals surface area contributed by atoms with Crippen LogP contribution in [0.25, 0.3) is 0 Å². The van der Waals surface area contributed by atoms with Crippen LogP contribution in [-0.2, 0) is 0 Å². The number of pyridine rings is 1. The number of nitrogens with zero attached hydrogens (tertiary/aromatic N) is 3. The van der Waals surface area contributed by atoms with Crippen LogP contribution in [0.4, 0.5) is 10.2 Å². The molecule has 116 valence electrons. The van der Waals surface area contributed by atoms with Gasteiger partial charge < -0.3 is 15.1 Å². The summed E-state index contributed by atoms with van der Waals surface area (Å²) in [6.45, 7) is 3.75. The molecule has 0 saturated carbocycles. The first-order valence-corrected chi connectivity index (χ1v) is 7.38. The zero-order valence-corrected chi connectivity index (χ0v) is 12.9. The molecule has 5 nitrogen and oxygen atoms in total. The number of hydrogen-bond acceptors (Lipinski definition) is 4. The Hall–Kier alpha value is -1.69. The summed E-state index contributed by atoms with van der Waals surface area (Å²) in [6, 6.07) is 1.79. The van der Waals surface area contributed by atoms with Gasteiger partial charge in [0.1, 0.15) is 0 Å². The second kappa shape index (κ2) is 6.85. The van der Waals surface area contributed by atoms with Crippen LogP contribution in [0.1, 0.15) is 30.1 Å². The number of rotatable bonds is 4. The van der Waals surface area contributed by atoms with E-state index in [1.807, 2.05) is 21.0 Å². The monoisotopic (exact) mass is 294 g/mol. The van der Waals surface area contributed by atoms with Gasteiger partial charge in [0.05, 0.1) is 5.56 Å². The lowest BCUT2D eigenvalue weighted by atomic mass is 10.0. The van der Waals surface area contributed by atoms with Crippen LogP contribution < -0.4 is 5.32 Å². The summed E-state index contributed by atoms with van der Waals surface area (Å²) in [7, 11) is 4.02. The van der Waals surface area contributed by atoms with E-state index in [9.17, 15) is 9.18 Å². The minimum atomic E-state index is -0.559. The van der Waals surface area contributed by atoms with E-state index in [1.54, 1.807) is 4.90 Å². The number of piperidine rings is 1. The fraction of sp³-hybridized carbons (Fsp3) is 0.600. The van der Waals surface area contributed by atoms with Crippen molar-refractivity contribution < 1.29 is 9.18 Å². The summed E-state index contributed by atoms with van der Waals surface area (Å²) >= 11 is 0. The zero-order valence-electron chi connectivity index (χ0n) is 12.9. The van der Waals surface area contributed by atoms with Crippen molar-refractivity contribution in [1.29, 1.82) is 0 Å². The number of carbonyl (C=O) groups is 1. The number of likely N-dealkylation sites (N-methyl/N-ethyl adjacent to an activating group) is 1. The van der Waals surface area contributed by atoms with Gasteiger partial charge in [0.25, 0.3) is 5.91 Å². The molecule has 0 radical (unpaired) electrons. The number of hydrogen-bond donors (Lipinski definition) is 1. The third kappa shape index (κ3) is 3.50. The zero-order chi connectivity index (χ0) is 15.4. The van der Waals surface area contributed by atoms with E-state index in [4.69, 9.17) is 0 Å². The van der Waals surface area contributed by atoms with Gasteiger partial charge in [-0.2, -0.15) is 0 Å². The summed E-state index contributed by atoms with van der Waals surface area (Å²) in [5.41, 5.74) is 0.0976. The predicted molar refractivity (Wildman–Crippen MR) is 81.0 cm³/mol. The molecule has 0 aliphatic carbocycles. The molecule has 1 fully saturated rings. The van der Waals surface area contributed by atoms with E-state index in [0.717, 1.165) is 12.8 Å². The van der Waals surface area contributed by atoms with Crippen molar-refractivity contribution in [2.24, 2.45) is 0 Å². The minimum Gasteiger partial charge on any atom is -0.368 e. The van der Waals surface area contributed by atoms with Gasteiger partial charge >= 0.3 is 0 Å². The van der Waals surface area contributed by atoms with E-state index in [2.05, 4.69) is 15.2 Å². The number of aromatic nitrogens is 1. The topological polar surface area (TPSA) is 48.5 Å². The highest BCUT2D eigenvalue weighted by Crippen LogP contribution is 2.20. The smallest absolute Gasteiger partial charge is 0.257 e. The van der Waals surface area contributed by atoms with Crippen LogP contribution >= 0.6 is 0 Å². The molecule has 1 aliphatic rings. The first-order valence-electron chi connectivity index (χ1n) is 7.38. The maximum Gasteiger partial charge on any atom is 0.257 e. The highest BCUT2D eigenvalue weighted by molar-refractivity contribution is 5.95. The fourth-order valence-corrected chi connectivity index (χ4v) is 2.63. The predicted octanol–water partition coefficient (Wildman–Crippen LogP) is 1.82. The van der Waals surface area contributed by atoms with Crippen molar-refractivity contribution in [1.82, 2.24) is 14.8 Å². The Kier molecular flexibility index (Phi) is 5.12. The molecular weight excluding hydrogens is 271 g/mol. The lowest BCUT2D eigenvalue weighted by molar-refractivity contribution is 0.0630. The number of nitrogens with one attached hydrogen (secondary N) is 1. The Balaban J connectivity index is 2.18. The Morgan fingerprint density at radius 3 is 3.00 bits per heavy atom. The van der Waals surface area contributed by atoms with E-state index in [-0.39, 0.29) is 17.3 Å². The quantitative estimate of drug-likeness (QED) is 0.920. The molecular formula is C15H23FN4O. The third-order valence-electron chi connectivity index (χ3n) is 3.88. The number of amides is 1. The molecule has 1 amide bonds. The van der Waals surface area contributed by atoms with Gasteiger partial charge in [-0.25, -0.2) is 9.37 Å². The van der Waals surface area contributed by atoms with Gasteiger partial charge in [0.15, 0.2) is 11.6 Å². The van der Waals surface area contributed by atoms with E-state index in [1.165, 1.54) is 12.3 Å². The summed E-state index contributed by atoms with van der Waals surface area (Å²) in [5, 5.41) is 2.84. The summed E-state index contributed by atoms with van der Waals surface area (Å²) in [6.07, 6.45) is 3.49. The van der Waals surface area contributed by atoms with E-state index < -0.39 is 5.82 Å². The summed E-state index contributed by atoms with van der Waals surface area (Å²) < 4.78 is 14.3. The second-order valence-corrected chi connectivity index (χ2v) is 5.56. The third-order valence-corrected chi connectivity index (χ3v) is 3.88. The molecule has 0 spiro atoms. The Labute approximate surface area is 125 Å². The second-order valence-electron chi connectivity index (χ2n) is 5.56. The van der Waals surface area contributed by atoms with Gasteiger partial charge in [-0.15, -0.1) is 0 Å². The average Bonchev–Trinajstić information content (AvgIpc) is 2.49. The molecule has 1 saturated heterocycles. The molecule has 21 heavy (non-hydrogen) atoms. The van der Waals surface area contributed by atoms with Crippen molar-refractivity contribution >= 4 is 11.7 Å². The van der Waals surface area contributed by atoms with Crippen LogP contribution in [0.2, 0.25) is 0 Å². The van der Waals surface area contributed by atoms with Gasteiger partial charge in [-0.1, -0.05) is 0 Å². The van der Waals surface area contributed by atoms with Crippen LogP contribution in [0.5, 0.6) is 0 Å². The summed E-state index contributed by atoms with van der Waals surface area (Å²) in [4.78, 5) is 20.3. The molecule has 1 N–H and O–H groups in total. The molecule has 1 atom stereocenters. The highest BCUT2D eigenvalue weighted by atomic mass is 19.1. The first-order chi connectivity index (χ1) is 10.0. The van der Waals surface area contributed by atoms with Crippen molar-refractivity contribution in [3.8, 4) is 0 Å². The molecule has 1 aromatic rings. The average molecular weight is 294 g/mol. The Morgan fingerprint density at radius 1 is 1.57 bits per heavy atom. The van der Waals surface area contributed by atoms with Crippen molar-refractivity contribution in [2.45, 2.75) is 25.8 Å². The van der Waals surface area contributed by atoms with E-state index >= 15 is 0 Å². The maximum atomic E-state index is 14.3. The largest absolute Gasteiger partial charge is 0.368 e. The van der Waals surface area contributed by atoms with Crippen LogP contribution in [0.3, 0.4) is 0 Å². The summed E-state index contributed by atoms with van der Waals surface area (Å²) in [5.74, 6) is -0.665. The molecule has 2 heterocycles. The van der Waals surface area contributed by atoms with E-state index in [0.29, 0.717) is 25.7 Å². The number of carbonyl (C=O) groups excluding carboxylic acids is 1. The van der Waals surface area contributed by atoms with Gasteiger partial charge in [-0.05, 0) is 39.9 Å². The van der Waals surface area contributed by atoms with Crippen LogP contribution in [0.15, 0.2) is 12.3 Å². The van der Waals surface area contributed by atoms with Crippen molar-refractivity contribution in [3.05, 3.63) is 23.6 Å². The maximum absolute atomic E-state index is 14.3. The molecule has 0 aromatic carbocycles.